The molecule has 1 aliphatic carbocycles. The predicted molar refractivity (Wildman–Crippen MR) is 82.3 cm³/mol. The monoisotopic (exact) mass is 291 g/mol. The number of para-hydroxylation sites is 1. The van der Waals surface area contributed by atoms with Crippen LogP contribution < -0.4 is 10.1 Å². The van der Waals surface area contributed by atoms with E-state index >= 15 is 0 Å². The van der Waals surface area contributed by atoms with Gasteiger partial charge in [-0.3, -0.25) is 4.79 Å². The fourth-order valence-corrected chi connectivity index (χ4v) is 3.05. The summed E-state index contributed by atoms with van der Waals surface area (Å²) in [6.45, 7) is 0.164. The Morgan fingerprint density at radius 2 is 2.10 bits per heavy atom. The first-order chi connectivity index (χ1) is 10.2. The van der Waals surface area contributed by atoms with Gasteiger partial charge in [-0.05, 0) is 30.9 Å². The minimum atomic E-state index is 0.0613. The number of hydrogen-bond acceptors (Lipinski definition) is 3. The molecule has 4 heteroatoms. The standard InChI is InChI=1S/C17H25NO3/c1-21-16-9-5-3-6-13(16)10-11-17(20)18-15-8-4-2-7-14(15)12-19/h3,5-6,9,14-15,19H,2,4,7-8,10-12H2,1H3,(H,18,20). The molecule has 1 amide bonds. The number of benzene rings is 1. The van der Waals surface area contributed by atoms with E-state index in [0.717, 1.165) is 37.0 Å². The van der Waals surface area contributed by atoms with E-state index in [1.807, 2.05) is 24.3 Å². The van der Waals surface area contributed by atoms with Crippen LogP contribution in [0.1, 0.15) is 37.7 Å². The molecule has 2 rings (SSSR count). The average molecular weight is 291 g/mol. The summed E-state index contributed by atoms with van der Waals surface area (Å²) in [5.74, 6) is 1.11. The van der Waals surface area contributed by atoms with Crippen molar-refractivity contribution in [3.8, 4) is 5.75 Å². The highest BCUT2D eigenvalue weighted by Crippen LogP contribution is 2.24. The molecule has 1 aromatic rings. The maximum absolute atomic E-state index is 12.1. The van der Waals surface area contributed by atoms with Crippen molar-refractivity contribution in [2.24, 2.45) is 5.92 Å². The van der Waals surface area contributed by atoms with E-state index in [1.54, 1.807) is 7.11 Å². The van der Waals surface area contributed by atoms with Gasteiger partial charge in [0.15, 0.2) is 0 Å². The van der Waals surface area contributed by atoms with Crippen LogP contribution in [0.2, 0.25) is 0 Å². The molecular formula is C17H25NO3. The topological polar surface area (TPSA) is 58.6 Å². The number of methoxy groups -OCH3 is 1. The second kappa shape index (κ2) is 8.03. The molecule has 0 aliphatic heterocycles. The van der Waals surface area contributed by atoms with Crippen LogP contribution in [0.3, 0.4) is 0 Å². The summed E-state index contributed by atoms with van der Waals surface area (Å²) >= 11 is 0. The third-order valence-corrected chi connectivity index (χ3v) is 4.30. The highest BCUT2D eigenvalue weighted by Gasteiger charge is 2.25. The highest BCUT2D eigenvalue weighted by atomic mass is 16.5. The Kier molecular flexibility index (Phi) is 6.05. The summed E-state index contributed by atoms with van der Waals surface area (Å²) in [5, 5.41) is 12.5. The third kappa shape index (κ3) is 4.46. The van der Waals surface area contributed by atoms with E-state index in [2.05, 4.69) is 5.32 Å². The van der Waals surface area contributed by atoms with Crippen LogP contribution >= 0.6 is 0 Å². The molecule has 0 bridgehead atoms. The third-order valence-electron chi connectivity index (χ3n) is 4.30. The van der Waals surface area contributed by atoms with Gasteiger partial charge in [0.1, 0.15) is 5.75 Å². The zero-order valence-electron chi connectivity index (χ0n) is 12.7. The lowest BCUT2D eigenvalue weighted by atomic mass is 9.85. The Morgan fingerprint density at radius 3 is 2.86 bits per heavy atom. The summed E-state index contributed by atoms with van der Waals surface area (Å²) in [6, 6.07) is 7.92. The van der Waals surface area contributed by atoms with E-state index in [1.165, 1.54) is 0 Å². The zero-order valence-corrected chi connectivity index (χ0v) is 12.7. The smallest absolute Gasteiger partial charge is 0.220 e. The van der Waals surface area contributed by atoms with E-state index < -0.39 is 0 Å². The maximum Gasteiger partial charge on any atom is 0.220 e. The molecular weight excluding hydrogens is 266 g/mol. The van der Waals surface area contributed by atoms with Gasteiger partial charge < -0.3 is 15.2 Å². The summed E-state index contributed by atoms with van der Waals surface area (Å²) < 4.78 is 5.30. The number of aliphatic hydroxyl groups is 1. The van der Waals surface area contributed by atoms with Crippen molar-refractivity contribution in [1.82, 2.24) is 5.32 Å². The molecule has 1 aromatic carbocycles. The summed E-state index contributed by atoms with van der Waals surface area (Å²) in [6.07, 6.45) is 5.40. The molecule has 2 unspecified atom stereocenters. The fourth-order valence-electron chi connectivity index (χ4n) is 3.05. The Balaban J connectivity index is 1.84. The number of ether oxygens (including phenoxy) is 1. The van der Waals surface area contributed by atoms with Crippen molar-refractivity contribution in [3.63, 3.8) is 0 Å². The van der Waals surface area contributed by atoms with E-state index in [0.29, 0.717) is 12.8 Å². The van der Waals surface area contributed by atoms with Crippen molar-refractivity contribution >= 4 is 5.91 Å². The SMILES string of the molecule is COc1ccccc1CCC(=O)NC1CCCCC1CO. The minimum Gasteiger partial charge on any atom is -0.496 e. The van der Waals surface area contributed by atoms with Gasteiger partial charge in [0, 0.05) is 25.0 Å². The van der Waals surface area contributed by atoms with Crippen LogP contribution in [0.4, 0.5) is 0 Å². The van der Waals surface area contributed by atoms with Crippen LogP contribution in [0.25, 0.3) is 0 Å². The van der Waals surface area contributed by atoms with Gasteiger partial charge in [-0.1, -0.05) is 31.0 Å². The number of nitrogens with one attached hydrogen (secondary N) is 1. The molecule has 1 aliphatic rings. The first-order valence-corrected chi connectivity index (χ1v) is 7.76. The number of hydrogen-bond donors (Lipinski definition) is 2. The van der Waals surface area contributed by atoms with Gasteiger partial charge in [0.25, 0.3) is 0 Å². The Hall–Kier alpha value is -1.55. The molecule has 0 aromatic heterocycles. The van der Waals surface area contributed by atoms with E-state index in [-0.39, 0.29) is 24.5 Å². The molecule has 2 N–H and O–H groups in total. The number of amides is 1. The summed E-state index contributed by atoms with van der Waals surface area (Å²) in [4.78, 5) is 12.1. The van der Waals surface area contributed by atoms with Crippen LogP contribution in [0, 0.1) is 5.92 Å². The molecule has 0 heterocycles. The zero-order chi connectivity index (χ0) is 15.1. The first-order valence-electron chi connectivity index (χ1n) is 7.76. The summed E-state index contributed by atoms with van der Waals surface area (Å²) in [7, 11) is 1.65. The Bertz CT molecular complexity index is 461. The van der Waals surface area contributed by atoms with Crippen molar-refractivity contribution in [3.05, 3.63) is 29.8 Å². The van der Waals surface area contributed by atoms with Gasteiger partial charge >= 0.3 is 0 Å². The molecule has 2 atom stereocenters. The van der Waals surface area contributed by atoms with E-state index in [9.17, 15) is 9.90 Å². The van der Waals surface area contributed by atoms with Crippen LogP contribution in [0.5, 0.6) is 5.75 Å². The maximum atomic E-state index is 12.1. The van der Waals surface area contributed by atoms with Gasteiger partial charge in [-0.15, -0.1) is 0 Å². The van der Waals surface area contributed by atoms with Crippen molar-refractivity contribution in [2.45, 2.75) is 44.6 Å². The Labute approximate surface area is 126 Å². The normalized spacial score (nSPS) is 21.8. The van der Waals surface area contributed by atoms with Gasteiger partial charge in [-0.2, -0.15) is 0 Å². The van der Waals surface area contributed by atoms with Gasteiger partial charge in [0.2, 0.25) is 5.91 Å². The molecule has 0 spiro atoms. The second-order valence-electron chi connectivity index (χ2n) is 5.71. The number of aliphatic hydroxyl groups excluding tert-OH is 1. The molecule has 116 valence electrons. The molecule has 1 fully saturated rings. The fraction of sp³-hybridized carbons (Fsp3) is 0.588. The van der Waals surface area contributed by atoms with Crippen LogP contribution in [-0.4, -0.2) is 30.8 Å². The van der Waals surface area contributed by atoms with Crippen molar-refractivity contribution < 1.29 is 14.6 Å². The molecule has 21 heavy (non-hydrogen) atoms. The van der Waals surface area contributed by atoms with Crippen molar-refractivity contribution in [2.75, 3.05) is 13.7 Å². The Morgan fingerprint density at radius 1 is 1.33 bits per heavy atom. The minimum absolute atomic E-state index is 0.0613. The van der Waals surface area contributed by atoms with Crippen molar-refractivity contribution in [1.29, 1.82) is 0 Å². The molecule has 0 saturated heterocycles. The van der Waals surface area contributed by atoms with Crippen LogP contribution in [-0.2, 0) is 11.2 Å². The molecule has 4 nitrogen and oxygen atoms in total. The molecule has 0 radical (unpaired) electrons. The second-order valence-corrected chi connectivity index (χ2v) is 5.71. The average Bonchev–Trinajstić information content (AvgIpc) is 2.53. The number of aryl methyl sites for hydroxylation is 1. The van der Waals surface area contributed by atoms with E-state index in [4.69, 9.17) is 4.74 Å². The number of rotatable bonds is 6. The lowest BCUT2D eigenvalue weighted by Crippen LogP contribution is -2.43. The highest BCUT2D eigenvalue weighted by molar-refractivity contribution is 5.76. The quantitative estimate of drug-likeness (QED) is 0.845. The largest absolute Gasteiger partial charge is 0.496 e. The van der Waals surface area contributed by atoms with Crippen LogP contribution in [0.15, 0.2) is 24.3 Å². The lowest BCUT2D eigenvalue weighted by Gasteiger charge is -2.30. The lowest BCUT2D eigenvalue weighted by molar-refractivity contribution is -0.122. The summed E-state index contributed by atoms with van der Waals surface area (Å²) in [5.41, 5.74) is 1.05. The molecule has 1 saturated carbocycles. The van der Waals surface area contributed by atoms with Gasteiger partial charge in [-0.25, -0.2) is 0 Å². The number of carbonyl (C=O) groups excluding carboxylic acids is 1. The predicted octanol–water partition coefficient (Wildman–Crippen LogP) is 2.30. The first kappa shape index (κ1) is 15.8. The number of carbonyl (C=O) groups is 1. The van der Waals surface area contributed by atoms with Gasteiger partial charge in [0.05, 0.1) is 7.11 Å².